The fourth-order valence-corrected chi connectivity index (χ4v) is 2.08. The van der Waals surface area contributed by atoms with E-state index in [9.17, 15) is 5.11 Å². The molecule has 0 saturated heterocycles. The molecule has 0 amide bonds. The quantitative estimate of drug-likeness (QED) is 0.746. The molecule has 15 heavy (non-hydrogen) atoms. The van der Waals surface area contributed by atoms with Gasteiger partial charge in [-0.15, -0.1) is 11.3 Å². The molecule has 0 bridgehead atoms. The van der Waals surface area contributed by atoms with E-state index in [-0.39, 0.29) is 12.6 Å². The third-order valence-corrected chi connectivity index (χ3v) is 3.33. The number of aliphatic hydroxyl groups is 2. The zero-order valence-electron chi connectivity index (χ0n) is 8.83. The Morgan fingerprint density at radius 1 is 1.67 bits per heavy atom. The maximum atomic E-state index is 9.59. The van der Waals surface area contributed by atoms with E-state index in [1.54, 1.807) is 6.92 Å². The summed E-state index contributed by atoms with van der Waals surface area (Å²) in [7, 11) is 0. The first-order valence-electron chi connectivity index (χ1n) is 4.75. The van der Waals surface area contributed by atoms with E-state index in [2.05, 4.69) is 5.32 Å². The van der Waals surface area contributed by atoms with Crippen molar-refractivity contribution in [1.82, 2.24) is 5.32 Å². The van der Waals surface area contributed by atoms with Gasteiger partial charge < -0.3 is 15.5 Å². The van der Waals surface area contributed by atoms with E-state index >= 15 is 0 Å². The maximum absolute atomic E-state index is 9.59. The van der Waals surface area contributed by atoms with Crippen LogP contribution in [-0.4, -0.2) is 29.0 Å². The number of nitrogens with one attached hydrogen (secondary N) is 1. The first kappa shape index (κ1) is 12.9. The number of thiophene rings is 1. The van der Waals surface area contributed by atoms with E-state index in [1.807, 2.05) is 18.4 Å². The lowest BCUT2D eigenvalue weighted by molar-refractivity contribution is 0.00107. The van der Waals surface area contributed by atoms with Gasteiger partial charge in [-0.3, -0.25) is 0 Å². The van der Waals surface area contributed by atoms with Crippen LogP contribution in [0.4, 0.5) is 0 Å². The minimum absolute atomic E-state index is 0.117. The molecule has 86 valence electrons. The van der Waals surface area contributed by atoms with Crippen LogP contribution in [0.25, 0.3) is 0 Å². The van der Waals surface area contributed by atoms with E-state index in [0.29, 0.717) is 6.54 Å². The molecule has 0 aliphatic heterocycles. The third-order valence-electron chi connectivity index (χ3n) is 2.22. The second-order valence-corrected chi connectivity index (χ2v) is 5.48. The summed E-state index contributed by atoms with van der Waals surface area (Å²) in [5.74, 6) is 0. The van der Waals surface area contributed by atoms with Gasteiger partial charge in [0.15, 0.2) is 0 Å². The lowest BCUT2D eigenvalue weighted by Gasteiger charge is -2.23. The Labute approximate surface area is 98.7 Å². The standard InChI is InChI=1S/C10H16ClNO2S/c1-7(8-3-9(11)15-4-8)12-5-10(2,14)6-13/h3-4,7,12-14H,5-6H2,1-2H3. The van der Waals surface area contributed by atoms with Gasteiger partial charge in [-0.25, -0.2) is 0 Å². The monoisotopic (exact) mass is 249 g/mol. The van der Waals surface area contributed by atoms with Gasteiger partial charge in [0.1, 0.15) is 0 Å². The molecular formula is C10H16ClNO2S. The summed E-state index contributed by atoms with van der Waals surface area (Å²) in [5, 5.41) is 23.6. The van der Waals surface area contributed by atoms with Gasteiger partial charge in [-0.2, -0.15) is 0 Å². The van der Waals surface area contributed by atoms with Gasteiger partial charge in [-0.1, -0.05) is 11.6 Å². The summed E-state index contributed by atoms with van der Waals surface area (Å²) in [6.45, 7) is 3.67. The van der Waals surface area contributed by atoms with Gasteiger partial charge in [-0.05, 0) is 30.9 Å². The summed E-state index contributed by atoms with van der Waals surface area (Å²) >= 11 is 7.31. The smallest absolute Gasteiger partial charge is 0.0973 e. The Morgan fingerprint density at radius 2 is 2.33 bits per heavy atom. The Bertz CT molecular complexity index is 314. The highest BCUT2D eigenvalue weighted by Gasteiger charge is 2.20. The van der Waals surface area contributed by atoms with Crippen molar-refractivity contribution in [3.8, 4) is 0 Å². The number of halogens is 1. The van der Waals surface area contributed by atoms with Crippen LogP contribution in [0.2, 0.25) is 4.34 Å². The molecule has 0 aliphatic carbocycles. The summed E-state index contributed by atoms with van der Waals surface area (Å²) in [5.41, 5.74) is 0.0207. The number of hydrogen-bond acceptors (Lipinski definition) is 4. The molecule has 0 spiro atoms. The Hall–Kier alpha value is -0.130. The van der Waals surface area contributed by atoms with Crippen LogP contribution in [0.5, 0.6) is 0 Å². The van der Waals surface area contributed by atoms with Gasteiger partial charge in [0.25, 0.3) is 0 Å². The molecule has 0 fully saturated rings. The number of aliphatic hydroxyl groups excluding tert-OH is 1. The second kappa shape index (κ2) is 5.27. The highest BCUT2D eigenvalue weighted by molar-refractivity contribution is 7.14. The summed E-state index contributed by atoms with van der Waals surface area (Å²) in [6.07, 6.45) is 0. The summed E-state index contributed by atoms with van der Waals surface area (Å²) < 4.78 is 0.757. The molecular weight excluding hydrogens is 234 g/mol. The predicted octanol–water partition coefficient (Wildman–Crippen LogP) is 1.80. The second-order valence-electron chi connectivity index (χ2n) is 3.94. The average Bonchev–Trinajstić information content (AvgIpc) is 2.61. The number of hydrogen-bond donors (Lipinski definition) is 3. The molecule has 0 aliphatic rings. The molecule has 2 unspecified atom stereocenters. The van der Waals surface area contributed by atoms with Gasteiger partial charge in [0.2, 0.25) is 0 Å². The molecule has 1 aromatic heterocycles. The maximum Gasteiger partial charge on any atom is 0.0973 e. The van der Waals surface area contributed by atoms with Crippen LogP contribution in [0, 0.1) is 0 Å². The van der Waals surface area contributed by atoms with Crippen molar-refractivity contribution >= 4 is 22.9 Å². The van der Waals surface area contributed by atoms with E-state index in [1.165, 1.54) is 11.3 Å². The molecule has 5 heteroatoms. The van der Waals surface area contributed by atoms with Crippen LogP contribution in [0.1, 0.15) is 25.5 Å². The van der Waals surface area contributed by atoms with Crippen LogP contribution < -0.4 is 5.32 Å². The highest BCUT2D eigenvalue weighted by atomic mass is 35.5. The van der Waals surface area contributed by atoms with Crippen molar-refractivity contribution in [2.45, 2.75) is 25.5 Å². The molecule has 3 nitrogen and oxygen atoms in total. The highest BCUT2D eigenvalue weighted by Crippen LogP contribution is 2.24. The molecule has 1 rings (SSSR count). The minimum Gasteiger partial charge on any atom is -0.393 e. The van der Waals surface area contributed by atoms with Crippen molar-refractivity contribution in [2.24, 2.45) is 0 Å². The molecule has 1 aromatic rings. The van der Waals surface area contributed by atoms with Gasteiger partial charge >= 0.3 is 0 Å². The lowest BCUT2D eigenvalue weighted by Crippen LogP contribution is -2.41. The first-order chi connectivity index (χ1) is 6.94. The Kier molecular flexibility index (Phi) is 4.55. The van der Waals surface area contributed by atoms with Crippen LogP contribution in [0.3, 0.4) is 0 Å². The van der Waals surface area contributed by atoms with Gasteiger partial charge in [0.05, 0.1) is 16.5 Å². The minimum atomic E-state index is -1.08. The van der Waals surface area contributed by atoms with Crippen molar-refractivity contribution in [1.29, 1.82) is 0 Å². The van der Waals surface area contributed by atoms with Crippen molar-refractivity contribution in [2.75, 3.05) is 13.2 Å². The van der Waals surface area contributed by atoms with Crippen molar-refractivity contribution in [3.63, 3.8) is 0 Å². The van der Waals surface area contributed by atoms with Crippen LogP contribution in [-0.2, 0) is 0 Å². The predicted molar refractivity (Wildman–Crippen MR) is 63.5 cm³/mol. The average molecular weight is 250 g/mol. The zero-order valence-corrected chi connectivity index (χ0v) is 10.4. The largest absolute Gasteiger partial charge is 0.393 e. The Morgan fingerprint density at radius 3 is 2.80 bits per heavy atom. The molecule has 2 atom stereocenters. The zero-order chi connectivity index (χ0) is 11.5. The SMILES string of the molecule is CC(NCC(C)(O)CO)c1csc(Cl)c1. The molecule has 0 saturated carbocycles. The van der Waals surface area contributed by atoms with Crippen molar-refractivity contribution in [3.05, 3.63) is 21.3 Å². The summed E-state index contributed by atoms with van der Waals surface area (Å²) in [6, 6.07) is 2.02. The van der Waals surface area contributed by atoms with E-state index < -0.39 is 5.60 Å². The fourth-order valence-electron chi connectivity index (χ4n) is 1.10. The molecule has 1 heterocycles. The Balaban J connectivity index is 2.46. The molecule has 0 radical (unpaired) electrons. The topological polar surface area (TPSA) is 52.5 Å². The lowest BCUT2D eigenvalue weighted by atomic mass is 10.1. The molecule has 0 aromatic carbocycles. The van der Waals surface area contributed by atoms with E-state index in [4.69, 9.17) is 16.7 Å². The summed E-state index contributed by atoms with van der Waals surface area (Å²) in [4.78, 5) is 0. The van der Waals surface area contributed by atoms with Gasteiger partial charge in [0, 0.05) is 12.6 Å². The number of rotatable bonds is 5. The van der Waals surface area contributed by atoms with Crippen molar-refractivity contribution < 1.29 is 10.2 Å². The van der Waals surface area contributed by atoms with Crippen LogP contribution in [0.15, 0.2) is 11.4 Å². The molecule has 3 N–H and O–H groups in total. The van der Waals surface area contributed by atoms with E-state index in [0.717, 1.165) is 9.90 Å². The first-order valence-corrected chi connectivity index (χ1v) is 6.01. The van der Waals surface area contributed by atoms with Crippen LogP contribution >= 0.6 is 22.9 Å². The normalized spacial score (nSPS) is 17.4. The fraction of sp³-hybridized carbons (Fsp3) is 0.600. The third kappa shape index (κ3) is 4.09.